The molecule has 2 rings (SSSR count). The zero-order valence-corrected chi connectivity index (χ0v) is 11.2. The summed E-state index contributed by atoms with van der Waals surface area (Å²) in [6, 6.07) is 0.783. The van der Waals surface area contributed by atoms with Crippen LogP contribution >= 0.6 is 11.3 Å². The number of alkyl halides is 3. The molecule has 0 amide bonds. The third-order valence-electron chi connectivity index (χ3n) is 2.34. The molecule has 6 nitrogen and oxygen atoms in total. The molecule has 10 heteroatoms. The monoisotopic (exact) mass is 318 g/mol. The molecule has 0 aromatic carbocycles. The van der Waals surface area contributed by atoms with Crippen molar-refractivity contribution in [3.05, 3.63) is 34.0 Å². The molecule has 0 aliphatic rings. The van der Waals surface area contributed by atoms with E-state index in [2.05, 4.69) is 20.3 Å². The molecule has 21 heavy (non-hydrogen) atoms. The maximum atomic E-state index is 12.5. The van der Waals surface area contributed by atoms with Gasteiger partial charge in [0.1, 0.15) is 5.69 Å². The van der Waals surface area contributed by atoms with E-state index in [1.54, 1.807) is 0 Å². The Labute approximate surface area is 120 Å². The number of nitrogens with one attached hydrogen (secondary N) is 1. The third-order valence-corrected chi connectivity index (χ3v) is 3.25. The van der Waals surface area contributed by atoms with Crippen LogP contribution in [0.3, 0.4) is 0 Å². The van der Waals surface area contributed by atoms with Crippen LogP contribution in [0.15, 0.2) is 17.6 Å². The van der Waals surface area contributed by atoms with Crippen molar-refractivity contribution in [1.82, 2.24) is 15.0 Å². The average Bonchev–Trinajstić information content (AvgIpc) is 2.87. The molecule has 2 aromatic rings. The van der Waals surface area contributed by atoms with E-state index >= 15 is 0 Å². The van der Waals surface area contributed by atoms with Gasteiger partial charge in [0.15, 0.2) is 5.69 Å². The molecule has 0 radical (unpaired) electrons. The smallest absolute Gasteiger partial charge is 0.433 e. The van der Waals surface area contributed by atoms with Crippen LogP contribution in [-0.2, 0) is 12.6 Å². The number of halogens is 3. The van der Waals surface area contributed by atoms with Crippen molar-refractivity contribution in [2.45, 2.75) is 12.6 Å². The van der Waals surface area contributed by atoms with Crippen LogP contribution in [0.1, 0.15) is 21.2 Å². The topological polar surface area (TPSA) is 88.0 Å². The second-order valence-electron chi connectivity index (χ2n) is 3.87. The molecule has 0 aliphatic heterocycles. The summed E-state index contributed by atoms with van der Waals surface area (Å²) in [5.74, 6) is -1.26. The van der Waals surface area contributed by atoms with Crippen molar-refractivity contribution in [2.75, 3.05) is 11.9 Å². The number of carbonyl (C=O) groups is 1. The first kappa shape index (κ1) is 15.2. The first-order chi connectivity index (χ1) is 9.86. The summed E-state index contributed by atoms with van der Waals surface area (Å²) in [5, 5.41) is 13.3. The summed E-state index contributed by atoms with van der Waals surface area (Å²) in [5.41, 5.74) is -1.08. The highest BCUT2D eigenvalue weighted by Gasteiger charge is 2.32. The van der Waals surface area contributed by atoms with E-state index in [0.717, 1.165) is 12.3 Å². The third kappa shape index (κ3) is 4.12. The van der Waals surface area contributed by atoms with Gasteiger partial charge in [-0.25, -0.2) is 19.7 Å². The van der Waals surface area contributed by atoms with E-state index in [4.69, 9.17) is 5.11 Å². The minimum Gasteiger partial charge on any atom is -0.476 e. The van der Waals surface area contributed by atoms with Gasteiger partial charge in [-0.2, -0.15) is 13.2 Å². The number of aromatic carboxylic acids is 1. The maximum Gasteiger partial charge on any atom is 0.433 e. The zero-order valence-electron chi connectivity index (χ0n) is 10.4. The van der Waals surface area contributed by atoms with Crippen molar-refractivity contribution in [3.8, 4) is 0 Å². The summed E-state index contributed by atoms with van der Waals surface area (Å²) < 4.78 is 37.4. The first-order valence-electron chi connectivity index (χ1n) is 5.68. The molecule has 2 N–H and O–H groups in total. The Kier molecular flexibility index (Phi) is 4.36. The van der Waals surface area contributed by atoms with Gasteiger partial charge in [-0.1, -0.05) is 0 Å². The largest absolute Gasteiger partial charge is 0.476 e. The number of hydrogen-bond acceptors (Lipinski definition) is 6. The highest BCUT2D eigenvalue weighted by molar-refractivity contribution is 7.09. The molecule has 0 unspecified atom stereocenters. The molecule has 0 saturated carbocycles. The molecule has 0 fully saturated rings. The standard InChI is InChI=1S/C11H9F3N4O2S/c12-11(13,14)7-1-3-15-10(18-7)16-4-2-8-17-6(5-21-8)9(19)20/h1,3,5H,2,4H2,(H,19,20)(H,15,16,18). The van der Waals surface area contributed by atoms with Gasteiger partial charge in [-0.15, -0.1) is 11.3 Å². The predicted molar refractivity (Wildman–Crippen MR) is 68.3 cm³/mol. The number of aromatic nitrogens is 3. The van der Waals surface area contributed by atoms with Crippen LogP contribution < -0.4 is 5.32 Å². The van der Waals surface area contributed by atoms with Crippen LogP contribution in [0.4, 0.5) is 19.1 Å². The second kappa shape index (κ2) is 6.04. The van der Waals surface area contributed by atoms with E-state index in [-0.39, 0.29) is 18.2 Å². The Morgan fingerprint density at radius 3 is 2.76 bits per heavy atom. The lowest BCUT2D eigenvalue weighted by Gasteiger charge is -2.07. The highest BCUT2D eigenvalue weighted by Crippen LogP contribution is 2.27. The highest BCUT2D eigenvalue weighted by atomic mass is 32.1. The summed E-state index contributed by atoms with van der Waals surface area (Å²) in [4.78, 5) is 21.5. The lowest BCUT2D eigenvalue weighted by molar-refractivity contribution is -0.141. The second-order valence-corrected chi connectivity index (χ2v) is 4.81. The first-order valence-corrected chi connectivity index (χ1v) is 6.56. The molecule has 0 saturated heterocycles. The number of carboxylic acid groups (broad SMARTS) is 1. The van der Waals surface area contributed by atoms with Crippen molar-refractivity contribution < 1.29 is 23.1 Å². The van der Waals surface area contributed by atoms with E-state index in [0.29, 0.717) is 11.4 Å². The number of nitrogens with zero attached hydrogens (tertiary/aromatic N) is 3. The summed E-state index contributed by atoms with van der Waals surface area (Å²) in [7, 11) is 0. The summed E-state index contributed by atoms with van der Waals surface area (Å²) in [6.07, 6.45) is -3.15. The van der Waals surface area contributed by atoms with Crippen molar-refractivity contribution in [1.29, 1.82) is 0 Å². The lowest BCUT2D eigenvalue weighted by Crippen LogP contribution is -2.13. The van der Waals surface area contributed by atoms with Crippen molar-refractivity contribution >= 4 is 23.3 Å². The molecule has 112 valence electrons. The summed E-state index contributed by atoms with van der Waals surface area (Å²) in [6.45, 7) is 0.244. The van der Waals surface area contributed by atoms with E-state index in [9.17, 15) is 18.0 Å². The molecule has 0 bridgehead atoms. The molecule has 0 aliphatic carbocycles. The lowest BCUT2D eigenvalue weighted by atomic mass is 10.4. The van der Waals surface area contributed by atoms with Gasteiger partial charge in [-0.3, -0.25) is 0 Å². The number of hydrogen-bond donors (Lipinski definition) is 2. The van der Waals surface area contributed by atoms with Crippen LogP contribution in [0.25, 0.3) is 0 Å². The van der Waals surface area contributed by atoms with Crippen LogP contribution in [-0.4, -0.2) is 32.6 Å². The molecular weight excluding hydrogens is 309 g/mol. The van der Waals surface area contributed by atoms with Gasteiger partial charge in [0.05, 0.1) is 5.01 Å². The fourth-order valence-electron chi connectivity index (χ4n) is 1.41. The van der Waals surface area contributed by atoms with E-state index in [1.165, 1.54) is 16.7 Å². The molecular formula is C11H9F3N4O2S. The Bertz CT molecular complexity index is 644. The fourth-order valence-corrected chi connectivity index (χ4v) is 2.18. The predicted octanol–water partition coefficient (Wildman–Crippen LogP) is 2.30. The van der Waals surface area contributed by atoms with Gasteiger partial charge >= 0.3 is 12.1 Å². The van der Waals surface area contributed by atoms with Crippen LogP contribution in [0, 0.1) is 0 Å². The SMILES string of the molecule is O=C(O)c1csc(CCNc2nccc(C(F)(F)F)n2)n1. The van der Waals surface area contributed by atoms with Gasteiger partial charge in [0.25, 0.3) is 0 Å². The number of carboxylic acids is 1. The molecule has 0 spiro atoms. The van der Waals surface area contributed by atoms with Crippen LogP contribution in [0.2, 0.25) is 0 Å². The van der Waals surface area contributed by atoms with Gasteiger partial charge in [0, 0.05) is 24.5 Å². The maximum absolute atomic E-state index is 12.5. The fraction of sp³-hybridized carbons (Fsp3) is 0.273. The van der Waals surface area contributed by atoms with Gasteiger partial charge < -0.3 is 10.4 Å². The van der Waals surface area contributed by atoms with Gasteiger partial charge in [0.2, 0.25) is 5.95 Å². The molecule has 2 heterocycles. The number of thiazole rings is 1. The average molecular weight is 318 g/mol. The van der Waals surface area contributed by atoms with Crippen molar-refractivity contribution in [3.63, 3.8) is 0 Å². The minimum atomic E-state index is -4.52. The quantitative estimate of drug-likeness (QED) is 0.879. The Morgan fingerprint density at radius 2 is 2.14 bits per heavy atom. The Balaban J connectivity index is 1.92. The number of anilines is 1. The van der Waals surface area contributed by atoms with Crippen LogP contribution in [0.5, 0.6) is 0 Å². The van der Waals surface area contributed by atoms with Gasteiger partial charge in [-0.05, 0) is 6.07 Å². The minimum absolute atomic E-state index is 0.0506. The Morgan fingerprint density at radius 1 is 1.38 bits per heavy atom. The Hall–Kier alpha value is -2.23. The van der Waals surface area contributed by atoms with E-state index < -0.39 is 17.8 Å². The zero-order chi connectivity index (χ0) is 15.5. The normalized spacial score (nSPS) is 11.4. The van der Waals surface area contributed by atoms with Crippen molar-refractivity contribution in [2.24, 2.45) is 0 Å². The number of rotatable bonds is 5. The molecule has 0 atom stereocenters. The molecule has 2 aromatic heterocycles. The van der Waals surface area contributed by atoms with E-state index in [1.807, 2.05) is 0 Å². The summed E-state index contributed by atoms with van der Waals surface area (Å²) >= 11 is 1.17.